The van der Waals surface area contributed by atoms with Gasteiger partial charge in [-0.1, -0.05) is 31.7 Å². The fraction of sp³-hybridized carbons (Fsp3) is 0.600. The molecule has 0 saturated heterocycles. The summed E-state index contributed by atoms with van der Waals surface area (Å²) in [6.07, 6.45) is 8.08. The average molecular weight is 344 g/mol. The second-order valence-corrected chi connectivity index (χ2v) is 7.40. The summed E-state index contributed by atoms with van der Waals surface area (Å²) in [6.45, 7) is 1.96. The maximum atomic E-state index is 12.8. The van der Waals surface area contributed by atoms with Gasteiger partial charge in [-0.25, -0.2) is 0 Å². The van der Waals surface area contributed by atoms with E-state index in [2.05, 4.69) is 10.6 Å². The molecule has 0 atom stereocenters. The molecular formula is C20H28N2O3. The predicted octanol–water partition coefficient (Wildman–Crippen LogP) is 3.56. The first kappa shape index (κ1) is 17.8. The van der Waals surface area contributed by atoms with Crippen LogP contribution in [0.4, 0.5) is 5.69 Å². The highest BCUT2D eigenvalue weighted by atomic mass is 16.5. The van der Waals surface area contributed by atoms with Gasteiger partial charge < -0.3 is 15.4 Å². The summed E-state index contributed by atoms with van der Waals surface area (Å²) in [7, 11) is 1.58. The molecule has 2 aliphatic carbocycles. The largest absolute Gasteiger partial charge is 0.495 e. The number of benzene rings is 1. The molecule has 136 valence electrons. The van der Waals surface area contributed by atoms with Crippen molar-refractivity contribution in [2.24, 2.45) is 5.41 Å². The smallest absolute Gasteiger partial charge is 0.240 e. The Labute approximate surface area is 149 Å². The van der Waals surface area contributed by atoms with Crippen molar-refractivity contribution in [2.75, 3.05) is 12.4 Å². The third-order valence-corrected chi connectivity index (χ3v) is 5.41. The fourth-order valence-corrected chi connectivity index (χ4v) is 3.59. The standard InChI is InChI=1S/C20H28N2O3/c1-14-9-10-17(25-2)16(13-14)22-19(24)20(11-12-20)18(23)21-15-7-5-3-4-6-8-15/h9-10,13,15H,3-8,11-12H2,1-2H3,(H,21,23)(H,22,24). The molecule has 3 rings (SSSR count). The van der Waals surface area contributed by atoms with Crippen molar-refractivity contribution in [3.8, 4) is 5.75 Å². The molecule has 1 aromatic carbocycles. The van der Waals surface area contributed by atoms with Gasteiger partial charge in [0.2, 0.25) is 11.8 Å². The van der Waals surface area contributed by atoms with E-state index in [0.29, 0.717) is 24.3 Å². The van der Waals surface area contributed by atoms with Crippen LogP contribution in [0.2, 0.25) is 0 Å². The lowest BCUT2D eigenvalue weighted by Crippen LogP contribution is -2.44. The molecular weight excluding hydrogens is 316 g/mol. The van der Waals surface area contributed by atoms with Gasteiger partial charge in [0.05, 0.1) is 12.8 Å². The number of carbonyl (C=O) groups is 2. The van der Waals surface area contributed by atoms with E-state index >= 15 is 0 Å². The predicted molar refractivity (Wildman–Crippen MR) is 97.7 cm³/mol. The summed E-state index contributed by atoms with van der Waals surface area (Å²) in [4.78, 5) is 25.6. The first-order valence-corrected chi connectivity index (χ1v) is 9.32. The summed E-state index contributed by atoms with van der Waals surface area (Å²) >= 11 is 0. The fourth-order valence-electron chi connectivity index (χ4n) is 3.59. The number of ether oxygens (including phenoxy) is 1. The van der Waals surface area contributed by atoms with Gasteiger partial charge in [-0.2, -0.15) is 0 Å². The van der Waals surface area contributed by atoms with Gasteiger partial charge >= 0.3 is 0 Å². The third kappa shape index (κ3) is 3.97. The van der Waals surface area contributed by atoms with Gasteiger partial charge in [0.25, 0.3) is 0 Å². The molecule has 2 amide bonds. The Bertz CT molecular complexity index is 644. The Balaban J connectivity index is 1.66. The first-order valence-electron chi connectivity index (χ1n) is 9.32. The molecule has 5 nitrogen and oxygen atoms in total. The molecule has 25 heavy (non-hydrogen) atoms. The van der Waals surface area contributed by atoms with E-state index in [1.807, 2.05) is 25.1 Å². The van der Waals surface area contributed by atoms with Gasteiger partial charge in [0, 0.05) is 6.04 Å². The SMILES string of the molecule is COc1ccc(C)cc1NC(=O)C1(C(=O)NC2CCCCCC2)CC1. The molecule has 5 heteroatoms. The molecule has 0 unspecified atom stereocenters. The Kier molecular flexibility index (Phi) is 5.30. The molecule has 0 spiro atoms. The lowest BCUT2D eigenvalue weighted by Gasteiger charge is -2.21. The van der Waals surface area contributed by atoms with Crippen molar-refractivity contribution in [3.05, 3.63) is 23.8 Å². The van der Waals surface area contributed by atoms with E-state index in [9.17, 15) is 9.59 Å². The summed E-state index contributed by atoms with van der Waals surface area (Å²) in [5.74, 6) is 0.282. The molecule has 1 aromatic rings. The van der Waals surface area contributed by atoms with Crippen molar-refractivity contribution < 1.29 is 14.3 Å². The van der Waals surface area contributed by atoms with Gasteiger partial charge in [-0.15, -0.1) is 0 Å². The molecule has 2 aliphatic rings. The quantitative estimate of drug-likeness (QED) is 0.634. The van der Waals surface area contributed by atoms with Crippen molar-refractivity contribution >= 4 is 17.5 Å². The highest BCUT2D eigenvalue weighted by Gasteiger charge is 2.56. The molecule has 2 fully saturated rings. The highest BCUT2D eigenvalue weighted by molar-refractivity contribution is 6.13. The van der Waals surface area contributed by atoms with Crippen LogP contribution >= 0.6 is 0 Å². The zero-order valence-electron chi connectivity index (χ0n) is 15.2. The average Bonchev–Trinajstić information content (AvgIpc) is 3.41. The number of aryl methyl sites for hydroxylation is 1. The first-order chi connectivity index (χ1) is 12.0. The number of methoxy groups -OCH3 is 1. The summed E-state index contributed by atoms with van der Waals surface area (Å²) in [5, 5.41) is 6.05. The van der Waals surface area contributed by atoms with Crippen molar-refractivity contribution in [3.63, 3.8) is 0 Å². The van der Waals surface area contributed by atoms with Crippen LogP contribution in [0.15, 0.2) is 18.2 Å². The van der Waals surface area contributed by atoms with Crippen LogP contribution < -0.4 is 15.4 Å². The number of nitrogens with one attached hydrogen (secondary N) is 2. The van der Waals surface area contributed by atoms with Gasteiger partial charge in [-0.3, -0.25) is 9.59 Å². The summed E-state index contributed by atoms with van der Waals surface area (Å²) < 4.78 is 5.31. The second kappa shape index (κ2) is 7.46. The van der Waals surface area contributed by atoms with Crippen molar-refractivity contribution in [2.45, 2.75) is 64.3 Å². The number of carbonyl (C=O) groups excluding carboxylic acids is 2. The van der Waals surface area contributed by atoms with E-state index in [1.165, 1.54) is 12.8 Å². The van der Waals surface area contributed by atoms with E-state index in [0.717, 1.165) is 31.2 Å². The van der Waals surface area contributed by atoms with E-state index in [4.69, 9.17) is 4.74 Å². The number of hydrogen-bond donors (Lipinski definition) is 2. The minimum atomic E-state index is -0.902. The normalized spacial score (nSPS) is 19.6. The lowest BCUT2D eigenvalue weighted by molar-refractivity contribution is -0.134. The number of rotatable bonds is 5. The number of hydrogen-bond acceptors (Lipinski definition) is 3. The zero-order chi connectivity index (χ0) is 17.9. The number of anilines is 1. The Morgan fingerprint density at radius 3 is 2.36 bits per heavy atom. The third-order valence-electron chi connectivity index (χ3n) is 5.41. The van der Waals surface area contributed by atoms with Crippen LogP contribution in [0.25, 0.3) is 0 Å². The molecule has 0 radical (unpaired) electrons. The Hall–Kier alpha value is -2.04. The topological polar surface area (TPSA) is 67.4 Å². The summed E-state index contributed by atoms with van der Waals surface area (Å²) in [5.41, 5.74) is 0.756. The highest BCUT2D eigenvalue weighted by Crippen LogP contribution is 2.47. The van der Waals surface area contributed by atoms with E-state index < -0.39 is 5.41 Å². The second-order valence-electron chi connectivity index (χ2n) is 7.40. The molecule has 0 aliphatic heterocycles. The Morgan fingerprint density at radius 1 is 1.08 bits per heavy atom. The van der Waals surface area contributed by atoms with Crippen LogP contribution in [0.5, 0.6) is 5.75 Å². The molecule has 2 N–H and O–H groups in total. The minimum Gasteiger partial charge on any atom is -0.495 e. The van der Waals surface area contributed by atoms with Gasteiger partial charge in [0.15, 0.2) is 0 Å². The zero-order valence-corrected chi connectivity index (χ0v) is 15.2. The van der Waals surface area contributed by atoms with Crippen LogP contribution in [-0.2, 0) is 9.59 Å². The van der Waals surface area contributed by atoms with Crippen molar-refractivity contribution in [1.29, 1.82) is 0 Å². The van der Waals surface area contributed by atoms with Crippen LogP contribution in [-0.4, -0.2) is 25.0 Å². The maximum Gasteiger partial charge on any atom is 0.240 e. The summed E-state index contributed by atoms with van der Waals surface area (Å²) in [6, 6.07) is 5.85. The monoisotopic (exact) mass is 344 g/mol. The minimum absolute atomic E-state index is 0.108. The van der Waals surface area contributed by atoms with Crippen LogP contribution in [0.3, 0.4) is 0 Å². The molecule has 0 heterocycles. The van der Waals surface area contributed by atoms with E-state index in [1.54, 1.807) is 7.11 Å². The number of amides is 2. The molecule has 2 saturated carbocycles. The van der Waals surface area contributed by atoms with Crippen LogP contribution in [0.1, 0.15) is 56.9 Å². The lowest BCUT2D eigenvalue weighted by atomic mass is 10.0. The van der Waals surface area contributed by atoms with Gasteiger partial charge in [-0.05, 0) is 50.3 Å². The van der Waals surface area contributed by atoms with Gasteiger partial charge in [0.1, 0.15) is 11.2 Å². The Morgan fingerprint density at radius 2 is 1.76 bits per heavy atom. The van der Waals surface area contributed by atoms with E-state index in [-0.39, 0.29) is 17.9 Å². The maximum absolute atomic E-state index is 12.8. The molecule has 0 bridgehead atoms. The van der Waals surface area contributed by atoms with Crippen molar-refractivity contribution in [1.82, 2.24) is 5.32 Å². The molecule has 0 aromatic heterocycles. The van der Waals surface area contributed by atoms with Crippen LogP contribution in [0, 0.1) is 12.3 Å².